The van der Waals surface area contributed by atoms with Crippen molar-refractivity contribution in [3.8, 4) is 5.75 Å². The Morgan fingerprint density at radius 3 is 2.38 bits per heavy atom. The van der Waals surface area contributed by atoms with Gasteiger partial charge in [0.2, 0.25) is 0 Å². The van der Waals surface area contributed by atoms with Crippen molar-refractivity contribution in [1.82, 2.24) is 4.90 Å². The molecular formula is C14H21NO. The molecule has 0 heterocycles. The zero-order chi connectivity index (χ0) is 11.6. The maximum atomic E-state index is 9.62. The lowest BCUT2D eigenvalue weighted by atomic mass is 9.75. The molecule has 0 aliphatic heterocycles. The molecule has 0 atom stereocenters. The second-order valence-electron chi connectivity index (χ2n) is 5.04. The van der Waals surface area contributed by atoms with E-state index in [4.69, 9.17) is 0 Å². The van der Waals surface area contributed by atoms with Gasteiger partial charge in [0, 0.05) is 5.54 Å². The Hall–Kier alpha value is -1.02. The summed E-state index contributed by atoms with van der Waals surface area (Å²) in [6.07, 6.45) is 6.31. The predicted octanol–water partition coefficient (Wildman–Crippen LogP) is 3.11. The highest BCUT2D eigenvalue weighted by Crippen LogP contribution is 2.41. The van der Waals surface area contributed by atoms with Gasteiger partial charge in [-0.15, -0.1) is 0 Å². The maximum absolute atomic E-state index is 9.62. The molecule has 88 valence electrons. The van der Waals surface area contributed by atoms with Crippen LogP contribution < -0.4 is 0 Å². The van der Waals surface area contributed by atoms with Crippen molar-refractivity contribution in [3.63, 3.8) is 0 Å². The average molecular weight is 219 g/mol. The van der Waals surface area contributed by atoms with Crippen LogP contribution in [0.15, 0.2) is 24.3 Å². The molecule has 2 nitrogen and oxygen atoms in total. The molecule has 0 radical (unpaired) electrons. The Kier molecular flexibility index (Phi) is 3.20. The first-order valence-corrected chi connectivity index (χ1v) is 6.12. The molecular weight excluding hydrogens is 198 g/mol. The van der Waals surface area contributed by atoms with E-state index < -0.39 is 0 Å². The summed E-state index contributed by atoms with van der Waals surface area (Å²) >= 11 is 0. The molecule has 16 heavy (non-hydrogen) atoms. The highest BCUT2D eigenvalue weighted by atomic mass is 16.3. The van der Waals surface area contributed by atoms with E-state index in [1.54, 1.807) is 6.07 Å². The minimum Gasteiger partial charge on any atom is -0.508 e. The monoisotopic (exact) mass is 219 g/mol. The predicted molar refractivity (Wildman–Crippen MR) is 66.6 cm³/mol. The zero-order valence-electron chi connectivity index (χ0n) is 10.2. The summed E-state index contributed by atoms with van der Waals surface area (Å²) in [5, 5.41) is 9.62. The largest absolute Gasteiger partial charge is 0.508 e. The number of hydrogen-bond donors (Lipinski definition) is 1. The van der Waals surface area contributed by atoms with E-state index >= 15 is 0 Å². The SMILES string of the molecule is CN(C)C1(c2cccc(O)c2)CCCCC1. The molecule has 0 saturated heterocycles. The normalized spacial score (nSPS) is 19.9. The molecule has 1 aromatic rings. The van der Waals surface area contributed by atoms with Crippen LogP contribution in [0.5, 0.6) is 5.75 Å². The molecule has 0 spiro atoms. The van der Waals surface area contributed by atoms with Crippen LogP contribution in [0, 0.1) is 0 Å². The highest BCUT2D eigenvalue weighted by molar-refractivity contribution is 5.33. The number of aromatic hydroxyl groups is 1. The second kappa shape index (κ2) is 4.46. The third-order valence-corrected chi connectivity index (χ3v) is 3.92. The van der Waals surface area contributed by atoms with Crippen molar-refractivity contribution < 1.29 is 5.11 Å². The van der Waals surface area contributed by atoms with Crippen molar-refractivity contribution in [2.24, 2.45) is 0 Å². The number of nitrogens with zero attached hydrogens (tertiary/aromatic N) is 1. The van der Waals surface area contributed by atoms with Crippen LogP contribution in [-0.4, -0.2) is 24.1 Å². The number of phenols is 1. The van der Waals surface area contributed by atoms with Crippen LogP contribution in [0.3, 0.4) is 0 Å². The Balaban J connectivity index is 2.38. The van der Waals surface area contributed by atoms with Crippen molar-refractivity contribution in [2.45, 2.75) is 37.6 Å². The summed E-state index contributed by atoms with van der Waals surface area (Å²) in [7, 11) is 4.30. The van der Waals surface area contributed by atoms with E-state index in [1.807, 2.05) is 12.1 Å². The molecule has 0 unspecified atom stereocenters. The minimum atomic E-state index is 0.136. The maximum Gasteiger partial charge on any atom is 0.115 e. The third kappa shape index (κ3) is 1.94. The molecule has 2 rings (SSSR count). The molecule has 2 heteroatoms. The number of phenolic OH excluding ortho intramolecular Hbond substituents is 1. The summed E-state index contributed by atoms with van der Waals surface area (Å²) in [5.74, 6) is 0.379. The summed E-state index contributed by atoms with van der Waals surface area (Å²) < 4.78 is 0. The minimum absolute atomic E-state index is 0.136. The van der Waals surface area contributed by atoms with Crippen LogP contribution in [0.25, 0.3) is 0 Å². The molecule has 0 amide bonds. The van der Waals surface area contributed by atoms with E-state index in [1.165, 1.54) is 37.7 Å². The molecule has 0 aromatic heterocycles. The fourth-order valence-corrected chi connectivity index (χ4v) is 2.93. The van der Waals surface area contributed by atoms with E-state index in [0.717, 1.165) is 0 Å². The first-order valence-electron chi connectivity index (χ1n) is 6.12. The lowest BCUT2D eigenvalue weighted by Crippen LogP contribution is -2.42. The van der Waals surface area contributed by atoms with Gasteiger partial charge < -0.3 is 5.11 Å². The third-order valence-electron chi connectivity index (χ3n) is 3.92. The lowest BCUT2D eigenvalue weighted by molar-refractivity contribution is 0.0986. The smallest absolute Gasteiger partial charge is 0.115 e. The Morgan fingerprint density at radius 2 is 1.81 bits per heavy atom. The molecule has 0 bridgehead atoms. The Labute approximate surface area is 97.9 Å². The Bertz CT molecular complexity index is 354. The molecule has 1 N–H and O–H groups in total. The summed E-state index contributed by atoms with van der Waals surface area (Å²) in [6.45, 7) is 0. The van der Waals surface area contributed by atoms with E-state index in [-0.39, 0.29) is 5.54 Å². The van der Waals surface area contributed by atoms with Crippen LogP contribution in [0.4, 0.5) is 0 Å². The summed E-state index contributed by atoms with van der Waals surface area (Å²) in [4.78, 5) is 2.32. The average Bonchev–Trinajstić information content (AvgIpc) is 2.30. The van der Waals surface area contributed by atoms with Crippen LogP contribution >= 0.6 is 0 Å². The van der Waals surface area contributed by atoms with Gasteiger partial charge in [-0.05, 0) is 44.6 Å². The lowest BCUT2D eigenvalue weighted by Gasteiger charge is -2.43. The zero-order valence-corrected chi connectivity index (χ0v) is 10.2. The van der Waals surface area contributed by atoms with Gasteiger partial charge in [0.15, 0.2) is 0 Å². The molecule has 1 saturated carbocycles. The summed E-state index contributed by atoms with van der Waals surface area (Å²) in [5.41, 5.74) is 1.40. The Morgan fingerprint density at radius 1 is 1.12 bits per heavy atom. The van der Waals surface area contributed by atoms with Gasteiger partial charge in [0.05, 0.1) is 0 Å². The van der Waals surface area contributed by atoms with Crippen molar-refractivity contribution in [1.29, 1.82) is 0 Å². The molecule has 1 aliphatic rings. The molecule has 1 fully saturated rings. The summed E-state index contributed by atoms with van der Waals surface area (Å²) in [6, 6.07) is 7.76. The van der Waals surface area contributed by atoms with Gasteiger partial charge in [-0.25, -0.2) is 0 Å². The van der Waals surface area contributed by atoms with Gasteiger partial charge in [0.1, 0.15) is 5.75 Å². The van der Waals surface area contributed by atoms with Crippen LogP contribution in [-0.2, 0) is 5.54 Å². The van der Waals surface area contributed by atoms with Gasteiger partial charge >= 0.3 is 0 Å². The van der Waals surface area contributed by atoms with Crippen molar-refractivity contribution in [3.05, 3.63) is 29.8 Å². The van der Waals surface area contributed by atoms with Gasteiger partial charge in [-0.2, -0.15) is 0 Å². The fourth-order valence-electron chi connectivity index (χ4n) is 2.93. The van der Waals surface area contributed by atoms with Gasteiger partial charge in [0.25, 0.3) is 0 Å². The number of benzene rings is 1. The molecule has 1 aliphatic carbocycles. The molecule has 1 aromatic carbocycles. The highest BCUT2D eigenvalue weighted by Gasteiger charge is 2.35. The van der Waals surface area contributed by atoms with Gasteiger partial charge in [-0.1, -0.05) is 31.4 Å². The van der Waals surface area contributed by atoms with E-state index in [2.05, 4.69) is 25.1 Å². The first kappa shape index (κ1) is 11.5. The van der Waals surface area contributed by atoms with Crippen molar-refractivity contribution >= 4 is 0 Å². The number of rotatable bonds is 2. The first-order chi connectivity index (χ1) is 7.65. The van der Waals surface area contributed by atoms with Crippen molar-refractivity contribution in [2.75, 3.05) is 14.1 Å². The fraction of sp³-hybridized carbons (Fsp3) is 0.571. The van der Waals surface area contributed by atoms with E-state index in [9.17, 15) is 5.11 Å². The quantitative estimate of drug-likeness (QED) is 0.826. The van der Waals surface area contributed by atoms with Gasteiger partial charge in [-0.3, -0.25) is 4.90 Å². The topological polar surface area (TPSA) is 23.5 Å². The standard InChI is InChI=1S/C14H21NO/c1-15(2)14(9-4-3-5-10-14)12-7-6-8-13(16)11-12/h6-8,11,16H,3-5,9-10H2,1-2H3. The number of hydrogen-bond acceptors (Lipinski definition) is 2. The van der Waals surface area contributed by atoms with E-state index in [0.29, 0.717) is 5.75 Å². The van der Waals surface area contributed by atoms with Crippen LogP contribution in [0.2, 0.25) is 0 Å². The second-order valence-corrected chi connectivity index (χ2v) is 5.04. The van der Waals surface area contributed by atoms with Crippen LogP contribution in [0.1, 0.15) is 37.7 Å².